The Bertz CT molecular complexity index is 935. The lowest BCUT2D eigenvalue weighted by Crippen LogP contribution is -2.32. The molecule has 1 amide bonds. The maximum Gasteiger partial charge on any atom is 0.293 e. The average Bonchev–Trinajstić information content (AvgIpc) is 3.09. The number of hydrogen-bond acceptors (Lipinski definition) is 8. The van der Waals surface area contributed by atoms with Crippen LogP contribution in [0.5, 0.6) is 0 Å². The molecule has 0 aliphatic rings. The lowest BCUT2D eigenvalue weighted by Gasteiger charge is -2.11. The van der Waals surface area contributed by atoms with Gasteiger partial charge in [-0.25, -0.2) is 4.98 Å². The van der Waals surface area contributed by atoms with Gasteiger partial charge in [0.1, 0.15) is 6.61 Å². The average molecular weight is 329 g/mol. The SMILES string of the molecule is O=COCCn1c(=O)c(C(=O)Nc2nn[nH]n2)nc2ccccc21. The molecule has 0 bridgehead atoms. The minimum atomic E-state index is -0.766. The highest BCUT2D eigenvalue weighted by atomic mass is 16.5. The number of carbonyl (C=O) groups excluding carboxylic acids is 2. The maximum atomic E-state index is 12.6. The van der Waals surface area contributed by atoms with Gasteiger partial charge in [-0.2, -0.15) is 5.21 Å². The Morgan fingerprint density at radius 1 is 1.38 bits per heavy atom. The van der Waals surface area contributed by atoms with E-state index < -0.39 is 11.5 Å². The van der Waals surface area contributed by atoms with Crippen LogP contribution in [0.1, 0.15) is 10.5 Å². The van der Waals surface area contributed by atoms with Crippen molar-refractivity contribution in [3.63, 3.8) is 0 Å². The fraction of sp³-hybridized carbons (Fsp3) is 0.154. The molecule has 2 heterocycles. The number of tetrazole rings is 1. The van der Waals surface area contributed by atoms with Crippen molar-refractivity contribution in [2.24, 2.45) is 0 Å². The molecule has 11 nitrogen and oxygen atoms in total. The quantitative estimate of drug-likeness (QED) is 0.447. The van der Waals surface area contributed by atoms with Gasteiger partial charge in [-0.15, -0.1) is 5.10 Å². The summed E-state index contributed by atoms with van der Waals surface area (Å²) in [4.78, 5) is 39.2. The summed E-state index contributed by atoms with van der Waals surface area (Å²) in [6.07, 6.45) is 0. The molecule has 3 rings (SSSR count). The van der Waals surface area contributed by atoms with Gasteiger partial charge >= 0.3 is 0 Å². The predicted molar refractivity (Wildman–Crippen MR) is 80.1 cm³/mol. The van der Waals surface area contributed by atoms with Crippen molar-refractivity contribution < 1.29 is 14.3 Å². The van der Waals surface area contributed by atoms with E-state index in [0.717, 1.165) is 0 Å². The molecule has 0 saturated heterocycles. The van der Waals surface area contributed by atoms with E-state index >= 15 is 0 Å². The second-order valence-electron chi connectivity index (χ2n) is 4.56. The number of nitrogens with zero attached hydrogens (tertiary/aromatic N) is 5. The highest BCUT2D eigenvalue weighted by molar-refractivity contribution is 6.02. The Labute approximate surface area is 133 Å². The first-order valence-corrected chi connectivity index (χ1v) is 6.80. The van der Waals surface area contributed by atoms with Crippen molar-refractivity contribution in [3.05, 3.63) is 40.3 Å². The van der Waals surface area contributed by atoms with E-state index in [4.69, 9.17) is 0 Å². The zero-order valence-electron chi connectivity index (χ0n) is 12.2. The molecule has 24 heavy (non-hydrogen) atoms. The standard InChI is InChI=1S/C13H11N7O4/c21-7-24-6-5-20-9-4-2-1-3-8(9)14-10(12(20)23)11(22)15-13-16-18-19-17-13/h1-4,7H,5-6H2,(H2,15,16,17,18,19,22). The molecule has 2 N–H and O–H groups in total. The lowest BCUT2D eigenvalue weighted by molar-refractivity contribution is -0.128. The number of rotatable bonds is 6. The monoisotopic (exact) mass is 329 g/mol. The third-order valence-corrected chi connectivity index (χ3v) is 3.14. The number of benzene rings is 1. The van der Waals surface area contributed by atoms with Gasteiger partial charge in [0, 0.05) is 0 Å². The molecule has 3 aromatic rings. The van der Waals surface area contributed by atoms with Crippen molar-refractivity contribution in [1.82, 2.24) is 30.2 Å². The summed E-state index contributed by atoms with van der Waals surface area (Å²) in [5.41, 5.74) is 0.0170. The largest absolute Gasteiger partial charge is 0.466 e. The summed E-state index contributed by atoms with van der Waals surface area (Å²) < 4.78 is 5.95. The predicted octanol–water partition coefficient (Wildman–Crippen LogP) is -0.665. The molecule has 122 valence electrons. The molecular formula is C13H11N7O4. The molecule has 0 fully saturated rings. The summed E-state index contributed by atoms with van der Waals surface area (Å²) in [5.74, 6) is -0.845. The van der Waals surface area contributed by atoms with E-state index in [2.05, 4.69) is 35.7 Å². The van der Waals surface area contributed by atoms with Crippen molar-refractivity contribution in [2.45, 2.75) is 6.54 Å². The van der Waals surface area contributed by atoms with E-state index in [9.17, 15) is 14.4 Å². The highest BCUT2D eigenvalue weighted by Crippen LogP contribution is 2.10. The zero-order chi connectivity index (χ0) is 16.9. The fourth-order valence-electron chi connectivity index (χ4n) is 2.13. The number of nitrogens with one attached hydrogen (secondary N) is 2. The van der Waals surface area contributed by atoms with Crippen LogP contribution >= 0.6 is 0 Å². The molecule has 11 heteroatoms. The van der Waals surface area contributed by atoms with Crippen LogP contribution in [-0.2, 0) is 16.1 Å². The van der Waals surface area contributed by atoms with Crippen molar-refractivity contribution >= 4 is 29.4 Å². The number of amides is 1. The van der Waals surface area contributed by atoms with Crippen LogP contribution in [0.3, 0.4) is 0 Å². The third-order valence-electron chi connectivity index (χ3n) is 3.14. The molecule has 0 atom stereocenters. The number of carbonyl (C=O) groups is 2. The maximum absolute atomic E-state index is 12.6. The van der Waals surface area contributed by atoms with E-state index in [1.165, 1.54) is 4.57 Å². The van der Waals surface area contributed by atoms with E-state index in [-0.39, 0.29) is 31.3 Å². The number of fused-ring (bicyclic) bond motifs is 1. The second kappa shape index (κ2) is 6.64. The van der Waals surface area contributed by atoms with E-state index in [0.29, 0.717) is 11.0 Å². The van der Waals surface area contributed by atoms with Crippen molar-refractivity contribution in [3.8, 4) is 0 Å². The third kappa shape index (κ3) is 2.95. The van der Waals surface area contributed by atoms with Gasteiger partial charge in [-0.1, -0.05) is 17.2 Å². The molecule has 0 spiro atoms. The Hall–Kier alpha value is -3.63. The number of anilines is 1. The number of aromatic nitrogens is 6. The van der Waals surface area contributed by atoms with Crippen LogP contribution in [-0.4, -0.2) is 49.2 Å². The summed E-state index contributed by atoms with van der Waals surface area (Å²) >= 11 is 0. The number of ether oxygens (including phenoxy) is 1. The van der Waals surface area contributed by atoms with Crippen LogP contribution in [0.2, 0.25) is 0 Å². The van der Waals surface area contributed by atoms with Gasteiger partial charge < -0.3 is 9.30 Å². The molecule has 0 aliphatic carbocycles. The number of hydrogen-bond donors (Lipinski definition) is 2. The molecule has 0 radical (unpaired) electrons. The summed E-state index contributed by atoms with van der Waals surface area (Å²) in [6, 6.07) is 6.81. The Morgan fingerprint density at radius 3 is 2.96 bits per heavy atom. The Morgan fingerprint density at radius 2 is 2.21 bits per heavy atom. The summed E-state index contributed by atoms with van der Waals surface area (Å²) in [5, 5.41) is 15.0. The number of para-hydroxylation sites is 2. The Balaban J connectivity index is 2.04. The fourth-order valence-corrected chi connectivity index (χ4v) is 2.13. The highest BCUT2D eigenvalue weighted by Gasteiger charge is 2.18. The second-order valence-corrected chi connectivity index (χ2v) is 4.56. The minimum absolute atomic E-state index is 0.0106. The molecule has 0 saturated carbocycles. The van der Waals surface area contributed by atoms with Crippen LogP contribution in [0.25, 0.3) is 11.0 Å². The normalized spacial score (nSPS) is 10.5. The van der Waals surface area contributed by atoms with E-state index in [1.54, 1.807) is 24.3 Å². The van der Waals surface area contributed by atoms with Crippen LogP contribution in [0.4, 0.5) is 5.95 Å². The van der Waals surface area contributed by atoms with Crippen LogP contribution in [0, 0.1) is 0 Å². The number of H-pyrrole nitrogens is 1. The molecule has 1 aromatic carbocycles. The van der Waals surface area contributed by atoms with E-state index in [1.807, 2.05) is 0 Å². The van der Waals surface area contributed by atoms with Crippen LogP contribution < -0.4 is 10.9 Å². The summed E-state index contributed by atoms with van der Waals surface area (Å²) in [7, 11) is 0. The Kier molecular flexibility index (Phi) is 4.23. The van der Waals surface area contributed by atoms with Gasteiger partial charge in [-0.3, -0.25) is 19.7 Å². The van der Waals surface area contributed by atoms with Gasteiger partial charge in [0.2, 0.25) is 0 Å². The van der Waals surface area contributed by atoms with Crippen LogP contribution in [0.15, 0.2) is 29.1 Å². The van der Waals surface area contributed by atoms with Crippen molar-refractivity contribution in [2.75, 3.05) is 11.9 Å². The molecule has 0 unspecified atom stereocenters. The van der Waals surface area contributed by atoms with Gasteiger partial charge in [0.25, 0.3) is 23.9 Å². The molecule has 0 aliphatic heterocycles. The van der Waals surface area contributed by atoms with Gasteiger partial charge in [0.05, 0.1) is 17.6 Å². The molecular weight excluding hydrogens is 318 g/mol. The first-order chi connectivity index (χ1) is 11.7. The first kappa shape index (κ1) is 15.3. The number of aromatic amines is 1. The summed E-state index contributed by atoms with van der Waals surface area (Å²) in [6.45, 7) is 0.366. The van der Waals surface area contributed by atoms with Gasteiger partial charge in [0.15, 0.2) is 5.69 Å². The van der Waals surface area contributed by atoms with Gasteiger partial charge in [-0.05, 0) is 17.3 Å². The minimum Gasteiger partial charge on any atom is -0.466 e. The van der Waals surface area contributed by atoms with Crippen molar-refractivity contribution in [1.29, 1.82) is 0 Å². The first-order valence-electron chi connectivity index (χ1n) is 6.80. The lowest BCUT2D eigenvalue weighted by atomic mass is 10.2. The zero-order valence-corrected chi connectivity index (χ0v) is 12.2. The smallest absolute Gasteiger partial charge is 0.293 e. The topological polar surface area (TPSA) is 145 Å². The molecule has 2 aromatic heterocycles.